The molecule has 2 heterocycles. The van der Waals surface area contributed by atoms with Crippen molar-refractivity contribution in [3.63, 3.8) is 0 Å². The van der Waals surface area contributed by atoms with E-state index in [0.717, 1.165) is 52.4 Å². The molecule has 5 nitrogen and oxygen atoms in total. The first-order chi connectivity index (χ1) is 10.4. The van der Waals surface area contributed by atoms with E-state index in [-0.39, 0.29) is 0 Å². The third kappa shape index (κ3) is 10.2. The minimum Gasteiger partial charge on any atom is -0.379 e. The van der Waals surface area contributed by atoms with E-state index in [1.165, 1.54) is 45.3 Å². The number of nitrogens with one attached hydrogen (secondary N) is 1. The van der Waals surface area contributed by atoms with Crippen LogP contribution in [-0.2, 0) is 4.74 Å². The molecule has 5 heteroatoms. The van der Waals surface area contributed by atoms with Gasteiger partial charge in [-0.15, -0.1) is 0 Å². The van der Waals surface area contributed by atoms with Crippen LogP contribution in [0.3, 0.4) is 0 Å². The first-order valence-electron chi connectivity index (χ1n) is 8.74. The van der Waals surface area contributed by atoms with Crippen LogP contribution in [0.5, 0.6) is 0 Å². The predicted molar refractivity (Wildman–Crippen MR) is 89.8 cm³/mol. The quantitative estimate of drug-likeness (QED) is 0.758. The lowest BCUT2D eigenvalue weighted by Gasteiger charge is -2.26. The number of rotatable bonds is 6. The van der Waals surface area contributed by atoms with Crippen LogP contribution in [0.4, 0.5) is 0 Å². The maximum Gasteiger partial charge on any atom is 0.0594 e. The van der Waals surface area contributed by atoms with Crippen molar-refractivity contribution in [3.05, 3.63) is 0 Å². The summed E-state index contributed by atoms with van der Waals surface area (Å²) in [4.78, 5) is 4.97. The Morgan fingerprint density at radius 2 is 1.52 bits per heavy atom. The second-order valence-corrected chi connectivity index (χ2v) is 5.96. The fraction of sp³-hybridized carbons (Fsp3) is 1.00. The van der Waals surface area contributed by atoms with Crippen molar-refractivity contribution in [2.75, 3.05) is 72.6 Å². The zero-order chi connectivity index (χ0) is 15.2. The van der Waals surface area contributed by atoms with E-state index in [2.05, 4.69) is 15.1 Å². The van der Waals surface area contributed by atoms with Gasteiger partial charge in [-0.25, -0.2) is 0 Å². The molecular weight excluding hydrogens is 264 g/mol. The van der Waals surface area contributed by atoms with Gasteiger partial charge in [-0.2, -0.15) is 0 Å². The second kappa shape index (κ2) is 13.5. The van der Waals surface area contributed by atoms with Crippen LogP contribution in [0.25, 0.3) is 0 Å². The van der Waals surface area contributed by atoms with E-state index >= 15 is 0 Å². The molecule has 0 aromatic heterocycles. The van der Waals surface area contributed by atoms with Crippen LogP contribution in [0, 0.1) is 0 Å². The summed E-state index contributed by atoms with van der Waals surface area (Å²) in [6, 6.07) is 0. The van der Waals surface area contributed by atoms with E-state index in [1.54, 1.807) is 0 Å². The molecule has 0 spiro atoms. The van der Waals surface area contributed by atoms with Crippen LogP contribution in [-0.4, -0.2) is 82.4 Å². The fourth-order valence-electron chi connectivity index (χ4n) is 2.77. The number of likely N-dealkylation sites (N-methyl/N-ethyl adjacent to an activating group) is 1. The highest BCUT2D eigenvalue weighted by Gasteiger charge is 2.08. The third-order valence-electron chi connectivity index (χ3n) is 4.16. The van der Waals surface area contributed by atoms with Crippen molar-refractivity contribution >= 4 is 0 Å². The Hall–Kier alpha value is -0.200. The van der Waals surface area contributed by atoms with Crippen LogP contribution >= 0.6 is 0 Å². The van der Waals surface area contributed by atoms with Gasteiger partial charge in [0.1, 0.15) is 0 Å². The van der Waals surface area contributed by atoms with Crippen LogP contribution in [0.15, 0.2) is 0 Å². The van der Waals surface area contributed by atoms with Gasteiger partial charge >= 0.3 is 0 Å². The van der Waals surface area contributed by atoms with E-state index in [0.29, 0.717) is 0 Å². The maximum absolute atomic E-state index is 5.39. The SMILES string of the molecule is CNCCN1CCCCCC1.NCCCN1CCOCC1. The minimum absolute atomic E-state index is 0.803. The molecule has 126 valence electrons. The predicted octanol–water partition coefficient (Wildman–Crippen LogP) is 0.749. The van der Waals surface area contributed by atoms with Crippen molar-refractivity contribution in [3.8, 4) is 0 Å². The van der Waals surface area contributed by atoms with Gasteiger partial charge in [0.25, 0.3) is 0 Å². The summed E-state index contributed by atoms with van der Waals surface area (Å²) in [5.74, 6) is 0. The van der Waals surface area contributed by atoms with E-state index < -0.39 is 0 Å². The van der Waals surface area contributed by atoms with Crippen molar-refractivity contribution in [1.29, 1.82) is 0 Å². The number of hydrogen-bond donors (Lipinski definition) is 2. The molecule has 21 heavy (non-hydrogen) atoms. The lowest BCUT2D eigenvalue weighted by atomic mass is 10.2. The summed E-state index contributed by atoms with van der Waals surface area (Å²) in [5, 5.41) is 3.19. The first-order valence-corrected chi connectivity index (χ1v) is 8.74. The minimum atomic E-state index is 0.803. The monoisotopic (exact) mass is 300 g/mol. The van der Waals surface area contributed by atoms with Crippen molar-refractivity contribution in [1.82, 2.24) is 15.1 Å². The van der Waals surface area contributed by atoms with E-state index in [1.807, 2.05) is 7.05 Å². The standard InChI is InChI=1S/C9H20N2.C7H16N2O/c1-10-6-9-11-7-4-2-3-5-8-11;8-2-1-3-9-4-6-10-7-5-9/h10H,2-9H2,1H3;1-8H2. The highest BCUT2D eigenvalue weighted by Crippen LogP contribution is 2.08. The molecule has 3 N–H and O–H groups in total. The molecule has 0 amide bonds. The molecule has 2 rings (SSSR count). The Balaban J connectivity index is 0.000000211. The molecule has 0 unspecified atom stereocenters. The Kier molecular flexibility index (Phi) is 12.1. The van der Waals surface area contributed by atoms with E-state index in [9.17, 15) is 0 Å². The van der Waals surface area contributed by atoms with Gasteiger partial charge in [0.05, 0.1) is 13.2 Å². The molecule has 2 saturated heterocycles. The van der Waals surface area contributed by atoms with E-state index in [4.69, 9.17) is 10.5 Å². The Labute approximate surface area is 131 Å². The lowest BCUT2D eigenvalue weighted by Crippen LogP contribution is -2.37. The summed E-state index contributed by atoms with van der Waals surface area (Å²) in [6.07, 6.45) is 6.81. The summed E-state index contributed by atoms with van der Waals surface area (Å²) >= 11 is 0. The molecule has 2 aliphatic heterocycles. The summed E-state index contributed by atoms with van der Waals surface area (Å²) in [7, 11) is 2.03. The number of nitrogens with two attached hydrogens (primary N) is 1. The van der Waals surface area contributed by atoms with Crippen molar-refractivity contribution in [2.45, 2.75) is 32.1 Å². The number of ether oxygens (including phenoxy) is 1. The molecule has 0 radical (unpaired) electrons. The fourth-order valence-corrected chi connectivity index (χ4v) is 2.77. The van der Waals surface area contributed by atoms with Gasteiger partial charge in [-0.3, -0.25) is 4.90 Å². The molecule has 0 aromatic rings. The number of hydrogen-bond acceptors (Lipinski definition) is 5. The van der Waals surface area contributed by atoms with Crippen LogP contribution in [0.1, 0.15) is 32.1 Å². The molecule has 0 aliphatic carbocycles. The molecule has 0 atom stereocenters. The van der Waals surface area contributed by atoms with Gasteiger partial charge in [0.2, 0.25) is 0 Å². The molecular formula is C16H36N4O. The molecule has 2 aliphatic rings. The van der Waals surface area contributed by atoms with Crippen LogP contribution in [0.2, 0.25) is 0 Å². The highest BCUT2D eigenvalue weighted by molar-refractivity contribution is 4.63. The largest absolute Gasteiger partial charge is 0.379 e. The zero-order valence-corrected chi connectivity index (χ0v) is 14.0. The molecule has 0 bridgehead atoms. The van der Waals surface area contributed by atoms with Gasteiger partial charge in [0, 0.05) is 26.2 Å². The molecule has 2 fully saturated rings. The maximum atomic E-state index is 5.39. The number of nitrogens with zero attached hydrogens (tertiary/aromatic N) is 2. The Bertz CT molecular complexity index is 214. The first kappa shape index (κ1) is 18.8. The number of morpholine rings is 1. The highest BCUT2D eigenvalue weighted by atomic mass is 16.5. The van der Waals surface area contributed by atoms with Gasteiger partial charge < -0.3 is 20.7 Å². The second-order valence-electron chi connectivity index (χ2n) is 5.96. The third-order valence-corrected chi connectivity index (χ3v) is 4.16. The topological polar surface area (TPSA) is 53.8 Å². The van der Waals surface area contributed by atoms with Crippen molar-refractivity contribution in [2.24, 2.45) is 5.73 Å². The average molecular weight is 300 g/mol. The van der Waals surface area contributed by atoms with Gasteiger partial charge in [-0.1, -0.05) is 12.8 Å². The Morgan fingerprint density at radius 1 is 0.905 bits per heavy atom. The summed E-state index contributed by atoms with van der Waals surface area (Å²) < 4.78 is 5.21. The summed E-state index contributed by atoms with van der Waals surface area (Å²) in [5.41, 5.74) is 5.39. The smallest absolute Gasteiger partial charge is 0.0594 e. The lowest BCUT2D eigenvalue weighted by molar-refractivity contribution is 0.0377. The van der Waals surface area contributed by atoms with Crippen molar-refractivity contribution < 1.29 is 4.74 Å². The zero-order valence-electron chi connectivity index (χ0n) is 14.0. The normalized spacial score (nSPS) is 21.4. The van der Waals surface area contributed by atoms with Gasteiger partial charge in [0.15, 0.2) is 0 Å². The average Bonchev–Trinajstić information content (AvgIpc) is 2.81. The number of likely N-dealkylation sites (tertiary alicyclic amines) is 1. The van der Waals surface area contributed by atoms with Gasteiger partial charge in [-0.05, 0) is 52.5 Å². The summed E-state index contributed by atoms with van der Waals surface area (Å²) in [6.45, 7) is 10.9. The Morgan fingerprint density at radius 3 is 2.10 bits per heavy atom. The van der Waals surface area contributed by atoms with Crippen LogP contribution < -0.4 is 11.1 Å². The molecule has 0 saturated carbocycles. The molecule has 0 aromatic carbocycles.